The largest absolute Gasteiger partial charge is 0.397 e. The van der Waals surface area contributed by atoms with Crippen LogP contribution >= 0.6 is 0 Å². The predicted molar refractivity (Wildman–Crippen MR) is 66.8 cm³/mol. The van der Waals surface area contributed by atoms with E-state index in [0.29, 0.717) is 13.2 Å². The van der Waals surface area contributed by atoms with E-state index >= 15 is 0 Å². The van der Waals surface area contributed by atoms with Crippen LogP contribution in [0.1, 0.15) is 5.56 Å². The molecule has 3 N–H and O–H groups in total. The molecule has 0 amide bonds. The Kier molecular flexibility index (Phi) is 5.08. The molecule has 1 aromatic carbocycles. The third-order valence-electron chi connectivity index (χ3n) is 2.46. The normalized spacial score (nSPS) is 10.4. The summed E-state index contributed by atoms with van der Waals surface area (Å²) in [6, 6.07) is 5.90. The molecule has 0 atom stereocenters. The standard InChI is InChI=1S/C12H20N2O2/c1-10-3-4-11(13)12(9-10)14(5-7-15)6-8-16-2/h3-4,9,15H,5-8,13H2,1-2H3. The highest BCUT2D eigenvalue weighted by Crippen LogP contribution is 2.23. The van der Waals surface area contributed by atoms with E-state index in [1.54, 1.807) is 7.11 Å². The van der Waals surface area contributed by atoms with E-state index in [0.717, 1.165) is 23.5 Å². The molecule has 1 rings (SSSR count). The van der Waals surface area contributed by atoms with Gasteiger partial charge < -0.3 is 20.5 Å². The van der Waals surface area contributed by atoms with Gasteiger partial charge in [0, 0.05) is 20.2 Å². The van der Waals surface area contributed by atoms with Crippen molar-refractivity contribution in [3.63, 3.8) is 0 Å². The molecule has 0 aliphatic heterocycles. The van der Waals surface area contributed by atoms with Gasteiger partial charge in [0.05, 0.1) is 24.6 Å². The smallest absolute Gasteiger partial charge is 0.0637 e. The monoisotopic (exact) mass is 224 g/mol. The Bertz CT molecular complexity index is 329. The average Bonchev–Trinajstić information content (AvgIpc) is 2.28. The summed E-state index contributed by atoms with van der Waals surface area (Å²) in [5, 5.41) is 9.03. The molecule has 0 unspecified atom stereocenters. The number of benzene rings is 1. The van der Waals surface area contributed by atoms with Crippen LogP contribution in [0.15, 0.2) is 18.2 Å². The molecule has 0 fully saturated rings. The van der Waals surface area contributed by atoms with Gasteiger partial charge in [-0.3, -0.25) is 0 Å². The fraction of sp³-hybridized carbons (Fsp3) is 0.500. The third kappa shape index (κ3) is 3.40. The Balaban J connectivity index is 2.85. The highest BCUT2D eigenvalue weighted by Gasteiger charge is 2.09. The molecular weight excluding hydrogens is 204 g/mol. The second-order valence-electron chi connectivity index (χ2n) is 3.77. The number of aryl methyl sites for hydroxylation is 1. The summed E-state index contributed by atoms with van der Waals surface area (Å²) in [6.45, 7) is 4.04. The Morgan fingerprint density at radius 3 is 2.75 bits per heavy atom. The van der Waals surface area contributed by atoms with Gasteiger partial charge in [0.2, 0.25) is 0 Å². The van der Waals surface area contributed by atoms with Gasteiger partial charge in [-0.1, -0.05) is 6.07 Å². The lowest BCUT2D eigenvalue weighted by Crippen LogP contribution is -2.30. The molecule has 0 heterocycles. The Morgan fingerprint density at radius 2 is 2.12 bits per heavy atom. The Labute approximate surface area is 96.6 Å². The first-order valence-electron chi connectivity index (χ1n) is 5.40. The molecule has 90 valence electrons. The van der Waals surface area contributed by atoms with Gasteiger partial charge in [0.1, 0.15) is 0 Å². The van der Waals surface area contributed by atoms with Crippen molar-refractivity contribution in [2.45, 2.75) is 6.92 Å². The summed E-state index contributed by atoms with van der Waals surface area (Å²) >= 11 is 0. The van der Waals surface area contributed by atoms with Crippen LogP contribution in [0.2, 0.25) is 0 Å². The number of nitrogen functional groups attached to an aromatic ring is 1. The maximum atomic E-state index is 9.03. The predicted octanol–water partition coefficient (Wildman–Crippen LogP) is 1.02. The summed E-state index contributed by atoms with van der Waals surface area (Å²) in [4.78, 5) is 2.03. The van der Waals surface area contributed by atoms with Crippen LogP contribution in [0.4, 0.5) is 11.4 Å². The van der Waals surface area contributed by atoms with Crippen molar-refractivity contribution in [1.29, 1.82) is 0 Å². The molecule has 0 saturated carbocycles. The van der Waals surface area contributed by atoms with Gasteiger partial charge in [0.25, 0.3) is 0 Å². The van der Waals surface area contributed by atoms with E-state index in [9.17, 15) is 0 Å². The van der Waals surface area contributed by atoms with Crippen molar-refractivity contribution in [3.05, 3.63) is 23.8 Å². The van der Waals surface area contributed by atoms with Crippen molar-refractivity contribution in [2.75, 3.05) is 44.0 Å². The molecule has 0 spiro atoms. The SMILES string of the molecule is COCCN(CCO)c1cc(C)ccc1N. The van der Waals surface area contributed by atoms with Gasteiger partial charge in [-0.05, 0) is 24.6 Å². The van der Waals surface area contributed by atoms with Crippen molar-refractivity contribution in [2.24, 2.45) is 0 Å². The number of hydrogen-bond acceptors (Lipinski definition) is 4. The summed E-state index contributed by atoms with van der Waals surface area (Å²) in [6.07, 6.45) is 0. The highest BCUT2D eigenvalue weighted by atomic mass is 16.5. The van der Waals surface area contributed by atoms with E-state index in [4.69, 9.17) is 15.6 Å². The quantitative estimate of drug-likeness (QED) is 0.708. The third-order valence-corrected chi connectivity index (χ3v) is 2.46. The zero-order valence-corrected chi connectivity index (χ0v) is 9.94. The van der Waals surface area contributed by atoms with Crippen molar-refractivity contribution in [3.8, 4) is 0 Å². The van der Waals surface area contributed by atoms with Crippen molar-refractivity contribution in [1.82, 2.24) is 0 Å². The lowest BCUT2D eigenvalue weighted by molar-refractivity contribution is 0.203. The molecule has 0 aromatic heterocycles. The van der Waals surface area contributed by atoms with E-state index in [1.807, 2.05) is 30.0 Å². The van der Waals surface area contributed by atoms with E-state index in [2.05, 4.69) is 0 Å². The number of aliphatic hydroxyl groups is 1. The maximum absolute atomic E-state index is 9.03. The Hall–Kier alpha value is -1.26. The molecule has 0 aliphatic carbocycles. The van der Waals surface area contributed by atoms with Gasteiger partial charge in [-0.2, -0.15) is 0 Å². The lowest BCUT2D eigenvalue weighted by Gasteiger charge is -2.25. The first-order valence-corrected chi connectivity index (χ1v) is 5.40. The van der Waals surface area contributed by atoms with E-state index in [-0.39, 0.29) is 6.61 Å². The van der Waals surface area contributed by atoms with Crippen LogP contribution in [0, 0.1) is 6.92 Å². The molecule has 0 radical (unpaired) electrons. The molecule has 16 heavy (non-hydrogen) atoms. The second-order valence-corrected chi connectivity index (χ2v) is 3.77. The number of rotatable bonds is 6. The van der Waals surface area contributed by atoms with Gasteiger partial charge >= 0.3 is 0 Å². The minimum atomic E-state index is 0.108. The topological polar surface area (TPSA) is 58.7 Å². The summed E-state index contributed by atoms with van der Waals surface area (Å²) in [5.74, 6) is 0. The van der Waals surface area contributed by atoms with Crippen molar-refractivity contribution >= 4 is 11.4 Å². The van der Waals surface area contributed by atoms with E-state index in [1.165, 1.54) is 0 Å². The Morgan fingerprint density at radius 1 is 1.38 bits per heavy atom. The molecule has 4 heteroatoms. The minimum Gasteiger partial charge on any atom is -0.397 e. The van der Waals surface area contributed by atoms with Crippen LogP contribution in [0.3, 0.4) is 0 Å². The van der Waals surface area contributed by atoms with Gasteiger partial charge in [-0.25, -0.2) is 0 Å². The molecular formula is C12H20N2O2. The second kappa shape index (κ2) is 6.35. The summed E-state index contributed by atoms with van der Waals surface area (Å²) in [5.41, 5.74) is 8.78. The fourth-order valence-corrected chi connectivity index (χ4v) is 1.60. The maximum Gasteiger partial charge on any atom is 0.0637 e. The zero-order chi connectivity index (χ0) is 12.0. The summed E-state index contributed by atoms with van der Waals surface area (Å²) < 4.78 is 5.05. The van der Waals surface area contributed by atoms with Crippen LogP contribution in [-0.2, 0) is 4.74 Å². The lowest BCUT2D eigenvalue weighted by atomic mass is 10.1. The molecule has 0 bridgehead atoms. The van der Waals surface area contributed by atoms with E-state index < -0.39 is 0 Å². The number of aliphatic hydroxyl groups excluding tert-OH is 1. The van der Waals surface area contributed by atoms with Crippen molar-refractivity contribution < 1.29 is 9.84 Å². The molecule has 0 aliphatic rings. The zero-order valence-electron chi connectivity index (χ0n) is 9.94. The fourth-order valence-electron chi connectivity index (χ4n) is 1.60. The molecule has 0 saturated heterocycles. The first kappa shape index (κ1) is 12.8. The molecule has 1 aromatic rings. The van der Waals surface area contributed by atoms with Crippen LogP contribution in [-0.4, -0.2) is 38.5 Å². The number of ether oxygens (including phenoxy) is 1. The van der Waals surface area contributed by atoms with Gasteiger partial charge in [-0.15, -0.1) is 0 Å². The minimum absolute atomic E-state index is 0.108. The van der Waals surface area contributed by atoms with Gasteiger partial charge in [0.15, 0.2) is 0 Å². The average molecular weight is 224 g/mol. The van der Waals surface area contributed by atoms with Crippen LogP contribution in [0.5, 0.6) is 0 Å². The highest BCUT2D eigenvalue weighted by molar-refractivity contribution is 5.68. The van der Waals surface area contributed by atoms with Crippen LogP contribution in [0.25, 0.3) is 0 Å². The number of nitrogens with two attached hydrogens (primary N) is 1. The number of methoxy groups -OCH3 is 1. The first-order chi connectivity index (χ1) is 7.69. The summed E-state index contributed by atoms with van der Waals surface area (Å²) in [7, 11) is 1.66. The number of hydrogen-bond donors (Lipinski definition) is 2. The molecule has 4 nitrogen and oxygen atoms in total. The number of nitrogens with zero attached hydrogens (tertiary/aromatic N) is 1. The van der Waals surface area contributed by atoms with Crippen LogP contribution < -0.4 is 10.6 Å². The number of anilines is 2.